The van der Waals surface area contributed by atoms with E-state index >= 15 is 0 Å². The van der Waals surface area contributed by atoms with Gasteiger partial charge in [0.05, 0.1) is 0 Å². The number of hydrogen-bond donors (Lipinski definition) is 1. The van der Waals surface area contributed by atoms with Crippen molar-refractivity contribution in [2.24, 2.45) is 23.5 Å². The molecular formula is C15H30N2. The van der Waals surface area contributed by atoms with Gasteiger partial charge in [-0.25, -0.2) is 0 Å². The minimum atomic E-state index is 0.471. The van der Waals surface area contributed by atoms with E-state index in [0.717, 1.165) is 17.8 Å². The van der Waals surface area contributed by atoms with E-state index in [-0.39, 0.29) is 0 Å². The lowest BCUT2D eigenvalue weighted by Crippen LogP contribution is -2.42. The molecule has 0 spiro atoms. The summed E-state index contributed by atoms with van der Waals surface area (Å²) in [5.41, 5.74) is 6.32. The highest BCUT2D eigenvalue weighted by Gasteiger charge is 2.30. The molecule has 1 saturated heterocycles. The molecule has 0 bridgehead atoms. The van der Waals surface area contributed by atoms with Crippen molar-refractivity contribution in [1.29, 1.82) is 0 Å². The molecule has 1 heterocycles. The van der Waals surface area contributed by atoms with E-state index < -0.39 is 0 Å². The van der Waals surface area contributed by atoms with E-state index in [1.54, 1.807) is 0 Å². The normalized spacial score (nSPS) is 39.7. The predicted octanol–water partition coefficient (Wildman–Crippen LogP) is 2.87. The van der Waals surface area contributed by atoms with Crippen molar-refractivity contribution in [3.05, 3.63) is 0 Å². The summed E-state index contributed by atoms with van der Waals surface area (Å²) in [6, 6.07) is 0.471. The number of nitrogens with two attached hydrogens (primary N) is 1. The van der Waals surface area contributed by atoms with Gasteiger partial charge < -0.3 is 10.6 Å². The van der Waals surface area contributed by atoms with Crippen LogP contribution in [0.25, 0.3) is 0 Å². The van der Waals surface area contributed by atoms with Gasteiger partial charge in [0.2, 0.25) is 0 Å². The molecule has 0 amide bonds. The molecule has 2 N–H and O–H groups in total. The monoisotopic (exact) mass is 238 g/mol. The van der Waals surface area contributed by atoms with E-state index in [2.05, 4.69) is 18.7 Å². The van der Waals surface area contributed by atoms with Gasteiger partial charge in [-0.1, -0.05) is 26.7 Å². The van der Waals surface area contributed by atoms with Gasteiger partial charge in [-0.15, -0.1) is 0 Å². The molecule has 1 saturated carbocycles. The molecule has 2 aliphatic rings. The SMILES string of the molecule is CCCC1CCC(N)C(CN2CCC(C)C2)C1. The molecule has 0 aromatic rings. The van der Waals surface area contributed by atoms with Crippen LogP contribution < -0.4 is 5.73 Å². The molecule has 0 aromatic heterocycles. The average Bonchev–Trinajstić information content (AvgIpc) is 2.69. The summed E-state index contributed by atoms with van der Waals surface area (Å²) in [6.07, 6.45) is 8.17. The first-order valence-corrected chi connectivity index (χ1v) is 7.67. The van der Waals surface area contributed by atoms with Crippen LogP contribution in [0.15, 0.2) is 0 Å². The second-order valence-electron chi connectivity index (χ2n) is 6.55. The Balaban J connectivity index is 1.81. The van der Waals surface area contributed by atoms with Crippen LogP contribution >= 0.6 is 0 Å². The van der Waals surface area contributed by atoms with Gasteiger partial charge in [-0.3, -0.25) is 0 Å². The first kappa shape index (κ1) is 13.4. The quantitative estimate of drug-likeness (QED) is 0.816. The van der Waals surface area contributed by atoms with Gasteiger partial charge in [0, 0.05) is 19.1 Å². The maximum Gasteiger partial charge on any atom is 0.00795 e. The zero-order chi connectivity index (χ0) is 12.3. The number of rotatable bonds is 4. The summed E-state index contributed by atoms with van der Waals surface area (Å²) >= 11 is 0. The Kier molecular flexibility index (Phi) is 4.87. The zero-order valence-electron chi connectivity index (χ0n) is 11.7. The molecular weight excluding hydrogens is 208 g/mol. The average molecular weight is 238 g/mol. The van der Waals surface area contributed by atoms with E-state index in [1.165, 1.54) is 58.2 Å². The van der Waals surface area contributed by atoms with Crippen LogP contribution in [0.1, 0.15) is 52.4 Å². The predicted molar refractivity (Wildman–Crippen MR) is 73.9 cm³/mol. The van der Waals surface area contributed by atoms with Gasteiger partial charge in [0.1, 0.15) is 0 Å². The molecule has 0 radical (unpaired) electrons. The van der Waals surface area contributed by atoms with Crippen molar-refractivity contribution in [3.63, 3.8) is 0 Å². The summed E-state index contributed by atoms with van der Waals surface area (Å²) in [6.45, 7) is 8.57. The second kappa shape index (κ2) is 6.19. The summed E-state index contributed by atoms with van der Waals surface area (Å²) in [4.78, 5) is 2.66. The second-order valence-corrected chi connectivity index (χ2v) is 6.55. The van der Waals surface area contributed by atoms with Crippen molar-refractivity contribution < 1.29 is 0 Å². The fourth-order valence-electron chi connectivity index (χ4n) is 3.79. The molecule has 1 aliphatic heterocycles. The number of nitrogens with zero attached hydrogens (tertiary/aromatic N) is 1. The molecule has 2 nitrogen and oxygen atoms in total. The van der Waals surface area contributed by atoms with Crippen molar-refractivity contribution in [3.8, 4) is 0 Å². The van der Waals surface area contributed by atoms with Gasteiger partial charge in [-0.2, -0.15) is 0 Å². The highest BCUT2D eigenvalue weighted by molar-refractivity contribution is 4.86. The van der Waals surface area contributed by atoms with Crippen LogP contribution in [-0.4, -0.2) is 30.6 Å². The fourth-order valence-corrected chi connectivity index (χ4v) is 3.79. The minimum absolute atomic E-state index is 0.471. The lowest BCUT2D eigenvalue weighted by atomic mass is 9.76. The van der Waals surface area contributed by atoms with E-state index in [9.17, 15) is 0 Å². The van der Waals surface area contributed by atoms with Crippen LogP contribution in [0.2, 0.25) is 0 Å². The first-order valence-electron chi connectivity index (χ1n) is 7.67. The van der Waals surface area contributed by atoms with Crippen molar-refractivity contribution in [2.75, 3.05) is 19.6 Å². The third-order valence-electron chi connectivity index (χ3n) is 4.85. The van der Waals surface area contributed by atoms with E-state index in [4.69, 9.17) is 5.73 Å². The molecule has 2 heteroatoms. The summed E-state index contributed by atoms with van der Waals surface area (Å²) in [5.74, 6) is 2.64. The van der Waals surface area contributed by atoms with Gasteiger partial charge in [0.25, 0.3) is 0 Å². The summed E-state index contributed by atoms with van der Waals surface area (Å²) in [7, 11) is 0. The van der Waals surface area contributed by atoms with Crippen LogP contribution in [0.3, 0.4) is 0 Å². The molecule has 4 unspecified atom stereocenters. The largest absolute Gasteiger partial charge is 0.327 e. The lowest BCUT2D eigenvalue weighted by molar-refractivity contribution is 0.166. The Bertz CT molecular complexity index is 229. The maximum absolute atomic E-state index is 6.32. The standard InChI is InChI=1S/C15H30N2/c1-3-4-13-5-6-15(16)14(9-13)11-17-8-7-12(2)10-17/h12-15H,3-11,16H2,1-2H3. The number of hydrogen-bond acceptors (Lipinski definition) is 2. The Morgan fingerprint density at radius 2 is 2.06 bits per heavy atom. The van der Waals surface area contributed by atoms with E-state index in [1.807, 2.05) is 0 Å². The third-order valence-corrected chi connectivity index (χ3v) is 4.85. The molecule has 1 aliphatic carbocycles. The Morgan fingerprint density at radius 3 is 2.71 bits per heavy atom. The highest BCUT2D eigenvalue weighted by atomic mass is 15.1. The van der Waals surface area contributed by atoms with Crippen LogP contribution in [0, 0.1) is 17.8 Å². The van der Waals surface area contributed by atoms with Crippen molar-refractivity contribution in [1.82, 2.24) is 4.90 Å². The molecule has 2 fully saturated rings. The van der Waals surface area contributed by atoms with Crippen LogP contribution in [-0.2, 0) is 0 Å². The van der Waals surface area contributed by atoms with Crippen molar-refractivity contribution >= 4 is 0 Å². The zero-order valence-corrected chi connectivity index (χ0v) is 11.7. The van der Waals surface area contributed by atoms with Gasteiger partial charge in [-0.05, 0) is 50.0 Å². The molecule has 2 rings (SSSR count). The smallest absolute Gasteiger partial charge is 0.00795 e. The molecule has 17 heavy (non-hydrogen) atoms. The van der Waals surface area contributed by atoms with Crippen LogP contribution in [0.5, 0.6) is 0 Å². The molecule has 100 valence electrons. The van der Waals surface area contributed by atoms with Crippen LogP contribution in [0.4, 0.5) is 0 Å². The Labute approximate surface area is 107 Å². The summed E-state index contributed by atoms with van der Waals surface area (Å²) in [5, 5.41) is 0. The first-order chi connectivity index (χ1) is 8.19. The number of likely N-dealkylation sites (tertiary alicyclic amines) is 1. The molecule has 0 aromatic carbocycles. The summed E-state index contributed by atoms with van der Waals surface area (Å²) < 4.78 is 0. The molecule has 4 atom stereocenters. The highest BCUT2D eigenvalue weighted by Crippen LogP contribution is 2.32. The minimum Gasteiger partial charge on any atom is -0.327 e. The van der Waals surface area contributed by atoms with Gasteiger partial charge >= 0.3 is 0 Å². The third kappa shape index (κ3) is 3.69. The maximum atomic E-state index is 6.32. The fraction of sp³-hybridized carbons (Fsp3) is 1.00. The van der Waals surface area contributed by atoms with Crippen molar-refractivity contribution in [2.45, 2.75) is 58.4 Å². The lowest BCUT2D eigenvalue weighted by Gasteiger charge is -2.36. The topological polar surface area (TPSA) is 29.3 Å². The van der Waals surface area contributed by atoms with E-state index in [0.29, 0.717) is 6.04 Å². The Hall–Kier alpha value is -0.0800. The Morgan fingerprint density at radius 1 is 1.24 bits per heavy atom. The van der Waals surface area contributed by atoms with Gasteiger partial charge in [0.15, 0.2) is 0 Å².